The molecule has 1 unspecified atom stereocenters. The molecule has 0 saturated carbocycles. The Morgan fingerprint density at radius 2 is 2.24 bits per heavy atom. The topological polar surface area (TPSA) is 59.4 Å². The first-order valence-corrected chi connectivity index (χ1v) is 6.57. The maximum absolute atomic E-state index is 11.2. The Morgan fingerprint density at radius 3 is 2.65 bits per heavy atom. The summed E-state index contributed by atoms with van der Waals surface area (Å²) >= 11 is 1.26. The van der Waals surface area contributed by atoms with Crippen molar-refractivity contribution in [2.75, 3.05) is 6.61 Å². The molecular formula is C12H17NO3S. The molecule has 1 atom stereocenters. The summed E-state index contributed by atoms with van der Waals surface area (Å²) in [5, 5.41) is 10.0. The molecule has 1 saturated heterocycles. The van der Waals surface area contributed by atoms with E-state index in [4.69, 9.17) is 4.74 Å². The minimum atomic E-state index is -0.892. The van der Waals surface area contributed by atoms with Gasteiger partial charge >= 0.3 is 5.97 Å². The monoisotopic (exact) mass is 255 g/mol. The van der Waals surface area contributed by atoms with Crippen molar-refractivity contribution in [2.24, 2.45) is 0 Å². The van der Waals surface area contributed by atoms with Gasteiger partial charge < -0.3 is 9.84 Å². The molecule has 0 bridgehead atoms. The van der Waals surface area contributed by atoms with Crippen LogP contribution in [0.4, 0.5) is 0 Å². The average molecular weight is 255 g/mol. The molecule has 94 valence electrons. The van der Waals surface area contributed by atoms with Gasteiger partial charge in [0.15, 0.2) is 0 Å². The molecule has 0 radical (unpaired) electrons. The summed E-state index contributed by atoms with van der Waals surface area (Å²) in [6, 6.07) is 0. The van der Waals surface area contributed by atoms with E-state index in [1.165, 1.54) is 11.3 Å². The number of hydrogen-bond donors (Lipinski definition) is 1. The van der Waals surface area contributed by atoms with Gasteiger partial charge in [-0.1, -0.05) is 20.8 Å². The highest BCUT2D eigenvalue weighted by atomic mass is 32.1. The molecule has 0 amide bonds. The van der Waals surface area contributed by atoms with Crippen molar-refractivity contribution in [3.63, 3.8) is 0 Å². The van der Waals surface area contributed by atoms with Gasteiger partial charge in [0, 0.05) is 12.0 Å². The minimum Gasteiger partial charge on any atom is -0.477 e. The van der Waals surface area contributed by atoms with Crippen molar-refractivity contribution < 1.29 is 14.6 Å². The van der Waals surface area contributed by atoms with E-state index in [0.717, 1.165) is 24.5 Å². The highest BCUT2D eigenvalue weighted by Crippen LogP contribution is 2.36. The van der Waals surface area contributed by atoms with E-state index in [2.05, 4.69) is 4.98 Å². The number of aromatic nitrogens is 1. The fraction of sp³-hybridized carbons (Fsp3) is 0.667. The van der Waals surface area contributed by atoms with Crippen LogP contribution in [0.25, 0.3) is 0 Å². The lowest BCUT2D eigenvalue weighted by Gasteiger charge is -2.16. The SMILES string of the molecule is CC(C)(C)c1nc(C2CCCO2)sc1C(=O)O. The number of nitrogens with zero attached hydrogens (tertiary/aromatic N) is 1. The summed E-state index contributed by atoms with van der Waals surface area (Å²) in [7, 11) is 0. The molecule has 0 aliphatic carbocycles. The Balaban J connectivity index is 2.40. The molecule has 5 heteroatoms. The molecule has 1 aromatic rings. The number of carboxylic acids is 1. The first-order valence-electron chi connectivity index (χ1n) is 5.75. The van der Waals surface area contributed by atoms with E-state index in [0.29, 0.717) is 10.6 Å². The van der Waals surface area contributed by atoms with E-state index in [-0.39, 0.29) is 11.5 Å². The van der Waals surface area contributed by atoms with Gasteiger partial charge in [0.05, 0.1) is 5.69 Å². The highest BCUT2D eigenvalue weighted by molar-refractivity contribution is 7.13. The van der Waals surface area contributed by atoms with Gasteiger partial charge in [-0.05, 0) is 12.8 Å². The van der Waals surface area contributed by atoms with Gasteiger partial charge in [-0.3, -0.25) is 0 Å². The van der Waals surface area contributed by atoms with E-state index in [1.54, 1.807) is 0 Å². The zero-order valence-electron chi connectivity index (χ0n) is 10.3. The number of carboxylic acid groups (broad SMARTS) is 1. The van der Waals surface area contributed by atoms with Gasteiger partial charge in [0.25, 0.3) is 0 Å². The molecular weight excluding hydrogens is 238 g/mol. The maximum Gasteiger partial charge on any atom is 0.347 e. The molecule has 1 fully saturated rings. The second-order valence-electron chi connectivity index (χ2n) is 5.29. The van der Waals surface area contributed by atoms with Crippen molar-refractivity contribution in [1.29, 1.82) is 0 Å². The summed E-state index contributed by atoms with van der Waals surface area (Å²) in [6.07, 6.45) is 1.96. The van der Waals surface area contributed by atoms with E-state index in [9.17, 15) is 9.90 Å². The average Bonchev–Trinajstić information content (AvgIpc) is 2.85. The predicted molar refractivity (Wildman–Crippen MR) is 65.7 cm³/mol. The molecule has 0 spiro atoms. The summed E-state index contributed by atoms with van der Waals surface area (Å²) in [4.78, 5) is 16.1. The Hall–Kier alpha value is -0.940. The summed E-state index contributed by atoms with van der Waals surface area (Å²) < 4.78 is 5.55. The lowest BCUT2D eigenvalue weighted by molar-refractivity contribution is 0.0699. The Bertz CT molecular complexity index is 427. The third-order valence-electron chi connectivity index (χ3n) is 2.75. The van der Waals surface area contributed by atoms with Crippen molar-refractivity contribution >= 4 is 17.3 Å². The summed E-state index contributed by atoms with van der Waals surface area (Å²) in [6.45, 7) is 6.69. The molecule has 1 N–H and O–H groups in total. The van der Waals surface area contributed by atoms with Gasteiger partial charge in [0.2, 0.25) is 0 Å². The van der Waals surface area contributed by atoms with Crippen LogP contribution in [0.3, 0.4) is 0 Å². The second kappa shape index (κ2) is 4.38. The van der Waals surface area contributed by atoms with Crippen LogP contribution in [-0.4, -0.2) is 22.7 Å². The third kappa shape index (κ3) is 2.50. The highest BCUT2D eigenvalue weighted by Gasteiger charge is 2.30. The van der Waals surface area contributed by atoms with E-state index >= 15 is 0 Å². The first-order chi connectivity index (χ1) is 7.89. The van der Waals surface area contributed by atoms with Gasteiger partial charge in [-0.25, -0.2) is 9.78 Å². The lowest BCUT2D eigenvalue weighted by Crippen LogP contribution is -2.16. The fourth-order valence-corrected chi connectivity index (χ4v) is 3.10. The Labute approximate surface area is 105 Å². The Morgan fingerprint density at radius 1 is 1.53 bits per heavy atom. The van der Waals surface area contributed by atoms with Gasteiger partial charge in [-0.15, -0.1) is 11.3 Å². The van der Waals surface area contributed by atoms with Crippen LogP contribution in [0.5, 0.6) is 0 Å². The largest absolute Gasteiger partial charge is 0.477 e. The van der Waals surface area contributed by atoms with Crippen molar-refractivity contribution in [2.45, 2.75) is 45.1 Å². The predicted octanol–water partition coefficient (Wildman–Crippen LogP) is 2.99. The zero-order chi connectivity index (χ0) is 12.6. The van der Waals surface area contributed by atoms with E-state index in [1.807, 2.05) is 20.8 Å². The van der Waals surface area contributed by atoms with Crippen LogP contribution >= 0.6 is 11.3 Å². The Kier molecular flexibility index (Phi) is 3.23. The number of ether oxygens (including phenoxy) is 1. The molecule has 1 aliphatic rings. The van der Waals surface area contributed by atoms with Crippen LogP contribution < -0.4 is 0 Å². The number of thiazole rings is 1. The molecule has 4 nitrogen and oxygen atoms in total. The van der Waals surface area contributed by atoms with Crippen molar-refractivity contribution in [3.05, 3.63) is 15.6 Å². The number of carbonyl (C=O) groups is 1. The molecule has 2 rings (SSSR count). The lowest BCUT2D eigenvalue weighted by atomic mass is 9.91. The first kappa shape index (κ1) is 12.5. The zero-order valence-corrected chi connectivity index (χ0v) is 11.1. The van der Waals surface area contributed by atoms with E-state index < -0.39 is 5.97 Å². The number of hydrogen-bond acceptors (Lipinski definition) is 4. The quantitative estimate of drug-likeness (QED) is 0.882. The van der Waals surface area contributed by atoms with Gasteiger partial charge in [-0.2, -0.15) is 0 Å². The minimum absolute atomic E-state index is 0.00537. The molecule has 2 heterocycles. The van der Waals surface area contributed by atoms with Gasteiger partial charge in [0.1, 0.15) is 16.0 Å². The third-order valence-corrected chi connectivity index (χ3v) is 3.89. The van der Waals surface area contributed by atoms with Crippen LogP contribution in [0, 0.1) is 0 Å². The van der Waals surface area contributed by atoms with Crippen LogP contribution in [0.1, 0.15) is 60.1 Å². The normalized spacial score (nSPS) is 20.8. The molecule has 0 aromatic carbocycles. The fourth-order valence-electron chi connectivity index (χ4n) is 1.90. The van der Waals surface area contributed by atoms with Crippen LogP contribution in [0.15, 0.2) is 0 Å². The second-order valence-corrected chi connectivity index (χ2v) is 6.32. The molecule has 17 heavy (non-hydrogen) atoms. The summed E-state index contributed by atoms with van der Waals surface area (Å²) in [5.74, 6) is -0.892. The number of aromatic carboxylic acids is 1. The smallest absolute Gasteiger partial charge is 0.347 e. The molecule has 1 aliphatic heterocycles. The standard InChI is InChI=1S/C12H17NO3S/c1-12(2,3)9-8(11(14)15)17-10(13-9)7-5-4-6-16-7/h7H,4-6H2,1-3H3,(H,14,15). The maximum atomic E-state index is 11.2. The molecule has 1 aromatic heterocycles. The van der Waals surface area contributed by atoms with Crippen LogP contribution in [-0.2, 0) is 10.2 Å². The van der Waals surface area contributed by atoms with Crippen molar-refractivity contribution in [1.82, 2.24) is 4.98 Å². The summed E-state index contributed by atoms with van der Waals surface area (Å²) in [5.41, 5.74) is 0.418. The van der Waals surface area contributed by atoms with Crippen LogP contribution in [0.2, 0.25) is 0 Å². The van der Waals surface area contributed by atoms with Crippen molar-refractivity contribution in [3.8, 4) is 0 Å². The number of rotatable bonds is 2.